The maximum absolute atomic E-state index is 13.7. The lowest BCUT2D eigenvalue weighted by Gasteiger charge is -2.22. The van der Waals surface area contributed by atoms with Gasteiger partial charge in [-0.2, -0.15) is 0 Å². The summed E-state index contributed by atoms with van der Waals surface area (Å²) in [5.41, 5.74) is 5.56. The van der Waals surface area contributed by atoms with Crippen molar-refractivity contribution in [2.45, 2.75) is 36.8 Å². The molecule has 0 spiro atoms. The third kappa shape index (κ3) is 3.97. The smallest absolute Gasteiger partial charge is 0.243 e. The Bertz CT molecular complexity index is 602. The molecule has 118 valence electrons. The van der Waals surface area contributed by atoms with Crippen molar-refractivity contribution in [3.63, 3.8) is 0 Å². The predicted octanol–water partition coefficient (Wildman–Crippen LogP) is 1.27. The summed E-state index contributed by atoms with van der Waals surface area (Å²) in [7, 11) is -4.15. The average molecular weight is 320 g/mol. The summed E-state index contributed by atoms with van der Waals surface area (Å²) in [6.07, 6.45) is 2.40. The van der Waals surface area contributed by atoms with Crippen LogP contribution in [0.25, 0.3) is 0 Å². The van der Waals surface area contributed by atoms with Crippen LogP contribution in [-0.2, 0) is 21.3 Å². The van der Waals surface area contributed by atoms with Crippen LogP contribution in [0, 0.1) is 11.6 Å². The Balaban J connectivity index is 2.16. The van der Waals surface area contributed by atoms with E-state index in [9.17, 15) is 17.2 Å². The number of nitrogens with one attached hydrogen (secondary N) is 1. The first-order valence-electron chi connectivity index (χ1n) is 6.73. The molecule has 1 heterocycles. The first-order chi connectivity index (χ1) is 9.94. The highest BCUT2D eigenvalue weighted by molar-refractivity contribution is 7.89. The van der Waals surface area contributed by atoms with Crippen LogP contribution < -0.4 is 10.5 Å². The van der Waals surface area contributed by atoms with E-state index >= 15 is 0 Å². The highest BCUT2D eigenvalue weighted by atomic mass is 32.2. The molecule has 0 aliphatic carbocycles. The van der Waals surface area contributed by atoms with E-state index in [4.69, 9.17) is 10.5 Å². The molecule has 0 bridgehead atoms. The standard InChI is InChI=1S/C13H18F2N2O3S/c14-11-5-9(7-16)6-12(13(11)15)21(18,19)17-8-10-3-1-2-4-20-10/h5-6,10,17H,1-4,7-8,16H2. The van der Waals surface area contributed by atoms with E-state index in [2.05, 4.69) is 4.72 Å². The SMILES string of the molecule is NCc1cc(F)c(F)c(S(=O)(=O)NCC2CCCCO2)c1. The zero-order valence-electron chi connectivity index (χ0n) is 11.4. The summed E-state index contributed by atoms with van der Waals surface area (Å²) >= 11 is 0. The van der Waals surface area contributed by atoms with E-state index < -0.39 is 26.6 Å². The van der Waals surface area contributed by atoms with Crippen molar-refractivity contribution in [3.05, 3.63) is 29.3 Å². The van der Waals surface area contributed by atoms with Crippen LogP contribution in [0.4, 0.5) is 8.78 Å². The normalized spacial score (nSPS) is 19.7. The van der Waals surface area contributed by atoms with Gasteiger partial charge in [0.05, 0.1) is 6.10 Å². The van der Waals surface area contributed by atoms with Crippen LogP contribution in [0.5, 0.6) is 0 Å². The summed E-state index contributed by atoms with van der Waals surface area (Å²) in [6.45, 7) is 0.541. The molecule has 8 heteroatoms. The lowest BCUT2D eigenvalue weighted by Crippen LogP contribution is -2.35. The second-order valence-electron chi connectivity index (χ2n) is 4.93. The number of hydrogen-bond acceptors (Lipinski definition) is 4. The summed E-state index contributed by atoms with van der Waals surface area (Å²) in [4.78, 5) is -0.723. The Hall–Kier alpha value is -1.09. The molecule has 0 radical (unpaired) electrons. The van der Waals surface area contributed by atoms with Crippen molar-refractivity contribution in [1.29, 1.82) is 0 Å². The highest BCUT2D eigenvalue weighted by Gasteiger charge is 2.24. The molecule has 1 atom stereocenters. The minimum atomic E-state index is -4.15. The highest BCUT2D eigenvalue weighted by Crippen LogP contribution is 2.20. The van der Waals surface area contributed by atoms with Gasteiger partial charge in [0, 0.05) is 19.7 Å². The second-order valence-corrected chi connectivity index (χ2v) is 6.67. The molecule has 2 rings (SSSR count). The van der Waals surface area contributed by atoms with Crippen LogP contribution in [0.2, 0.25) is 0 Å². The van der Waals surface area contributed by atoms with Gasteiger partial charge < -0.3 is 10.5 Å². The van der Waals surface area contributed by atoms with E-state index in [0.717, 1.165) is 31.4 Å². The predicted molar refractivity (Wildman–Crippen MR) is 73.0 cm³/mol. The largest absolute Gasteiger partial charge is 0.377 e. The van der Waals surface area contributed by atoms with Crippen molar-refractivity contribution in [2.24, 2.45) is 5.73 Å². The fraction of sp³-hybridized carbons (Fsp3) is 0.538. The number of sulfonamides is 1. The molecule has 1 saturated heterocycles. The van der Waals surface area contributed by atoms with Gasteiger partial charge in [0.15, 0.2) is 11.6 Å². The van der Waals surface area contributed by atoms with E-state index in [0.29, 0.717) is 6.61 Å². The molecule has 1 fully saturated rings. The molecule has 1 aliphatic rings. The molecule has 3 N–H and O–H groups in total. The Morgan fingerprint density at radius 2 is 2.10 bits per heavy atom. The van der Waals surface area contributed by atoms with Gasteiger partial charge in [-0.3, -0.25) is 0 Å². The van der Waals surface area contributed by atoms with Gasteiger partial charge in [-0.1, -0.05) is 0 Å². The molecule has 0 aromatic heterocycles. The number of halogens is 2. The van der Waals surface area contributed by atoms with Crippen molar-refractivity contribution < 1.29 is 21.9 Å². The molecule has 1 aliphatic heterocycles. The molecule has 0 saturated carbocycles. The quantitative estimate of drug-likeness (QED) is 0.856. The van der Waals surface area contributed by atoms with E-state index in [-0.39, 0.29) is 24.8 Å². The molecule has 1 aromatic carbocycles. The third-order valence-electron chi connectivity index (χ3n) is 3.35. The van der Waals surface area contributed by atoms with Crippen LogP contribution in [0.1, 0.15) is 24.8 Å². The minimum absolute atomic E-state index is 0.0379. The molecule has 1 unspecified atom stereocenters. The van der Waals surface area contributed by atoms with Crippen LogP contribution >= 0.6 is 0 Å². The first-order valence-corrected chi connectivity index (χ1v) is 8.21. The van der Waals surface area contributed by atoms with Gasteiger partial charge in [-0.05, 0) is 37.0 Å². The monoisotopic (exact) mass is 320 g/mol. The molecular formula is C13H18F2N2O3S. The van der Waals surface area contributed by atoms with Crippen LogP contribution in [0.3, 0.4) is 0 Å². The van der Waals surface area contributed by atoms with Gasteiger partial charge in [-0.25, -0.2) is 21.9 Å². The van der Waals surface area contributed by atoms with Gasteiger partial charge in [0.1, 0.15) is 4.90 Å². The maximum atomic E-state index is 13.7. The van der Waals surface area contributed by atoms with E-state index in [1.807, 2.05) is 0 Å². The summed E-state index contributed by atoms with van der Waals surface area (Å²) in [5.74, 6) is -2.63. The average Bonchev–Trinajstić information content (AvgIpc) is 2.48. The topological polar surface area (TPSA) is 81.4 Å². The van der Waals surface area contributed by atoms with Crippen molar-refractivity contribution in [3.8, 4) is 0 Å². The number of ether oxygens (including phenoxy) is 1. The number of nitrogens with two attached hydrogens (primary N) is 1. The Kier molecular flexibility index (Phi) is 5.26. The molecule has 0 amide bonds. The van der Waals surface area contributed by atoms with Crippen molar-refractivity contribution in [1.82, 2.24) is 4.72 Å². The van der Waals surface area contributed by atoms with Crippen molar-refractivity contribution >= 4 is 10.0 Å². The lowest BCUT2D eigenvalue weighted by atomic mass is 10.1. The van der Waals surface area contributed by atoms with Crippen LogP contribution in [-0.4, -0.2) is 27.7 Å². The summed E-state index contributed by atoms with van der Waals surface area (Å²) in [5, 5.41) is 0. The van der Waals surface area contributed by atoms with Gasteiger partial charge in [0.25, 0.3) is 0 Å². The maximum Gasteiger partial charge on any atom is 0.243 e. The second kappa shape index (κ2) is 6.78. The Morgan fingerprint density at radius 1 is 1.33 bits per heavy atom. The number of benzene rings is 1. The Morgan fingerprint density at radius 3 is 2.71 bits per heavy atom. The first kappa shape index (κ1) is 16.3. The zero-order valence-corrected chi connectivity index (χ0v) is 12.3. The minimum Gasteiger partial charge on any atom is -0.377 e. The fourth-order valence-electron chi connectivity index (χ4n) is 2.18. The number of hydrogen-bond donors (Lipinski definition) is 2. The molecule has 21 heavy (non-hydrogen) atoms. The van der Waals surface area contributed by atoms with E-state index in [1.165, 1.54) is 0 Å². The van der Waals surface area contributed by atoms with E-state index in [1.54, 1.807) is 0 Å². The van der Waals surface area contributed by atoms with Crippen LogP contribution in [0.15, 0.2) is 17.0 Å². The Labute approximate surface area is 122 Å². The molecule has 1 aromatic rings. The summed E-state index contributed by atoms with van der Waals surface area (Å²) in [6, 6.07) is 1.93. The molecular weight excluding hydrogens is 302 g/mol. The lowest BCUT2D eigenvalue weighted by molar-refractivity contribution is 0.0200. The zero-order chi connectivity index (χ0) is 15.5. The summed E-state index contributed by atoms with van der Waals surface area (Å²) < 4.78 is 59.0. The van der Waals surface area contributed by atoms with Gasteiger partial charge in [0.2, 0.25) is 10.0 Å². The van der Waals surface area contributed by atoms with Gasteiger partial charge >= 0.3 is 0 Å². The fourth-order valence-corrected chi connectivity index (χ4v) is 3.38. The third-order valence-corrected chi connectivity index (χ3v) is 4.78. The van der Waals surface area contributed by atoms with Crippen molar-refractivity contribution in [2.75, 3.05) is 13.2 Å². The molecule has 5 nitrogen and oxygen atoms in total. The number of rotatable bonds is 5. The van der Waals surface area contributed by atoms with Gasteiger partial charge in [-0.15, -0.1) is 0 Å².